The van der Waals surface area contributed by atoms with Gasteiger partial charge in [-0.1, -0.05) is 0 Å². The molecule has 2 aliphatic rings. The average molecular weight is 482 g/mol. The van der Waals surface area contributed by atoms with Crippen LogP contribution in [-0.4, -0.2) is 19.9 Å². The molecule has 2 N–H and O–H groups in total. The predicted molar refractivity (Wildman–Crippen MR) is 142 cm³/mol. The van der Waals surface area contributed by atoms with Gasteiger partial charge in [-0.05, 0) is 72.8 Å². The van der Waals surface area contributed by atoms with Crippen molar-refractivity contribution < 1.29 is 24.4 Å². The fraction of sp³-hybridized carbons (Fsp3) is 0. The zero-order chi connectivity index (χ0) is 23.6. The number of nitrogens with zero attached hydrogens (tertiary/aromatic N) is 2. The third-order valence-electron chi connectivity index (χ3n) is 5.87. The average Bonchev–Trinajstić information content (AvgIpc) is 3.66. The van der Waals surface area contributed by atoms with E-state index in [1.54, 1.807) is 24.4 Å². The van der Waals surface area contributed by atoms with Crippen molar-refractivity contribution >= 4 is 60.5 Å². The molecule has 2 aliphatic heterocycles. The molecule has 0 atom stereocenters. The zero-order valence-corrected chi connectivity index (χ0v) is 20.7. The number of hydrogen-bond acceptors (Lipinski definition) is 2. The Kier molecular flexibility index (Phi) is 5.84. The van der Waals surface area contributed by atoms with Crippen LogP contribution >= 0.6 is 0 Å². The predicted octanol–water partition coefficient (Wildman–Crippen LogP) is 6.67. The van der Waals surface area contributed by atoms with Crippen LogP contribution in [0, 0.1) is 0 Å². The van der Waals surface area contributed by atoms with Gasteiger partial charge in [0.15, 0.2) is 0 Å². The van der Waals surface area contributed by atoms with Crippen molar-refractivity contribution in [3.8, 4) is 0 Å². The van der Waals surface area contributed by atoms with E-state index in [0.717, 1.165) is 44.8 Å². The summed E-state index contributed by atoms with van der Waals surface area (Å²) in [5.41, 5.74) is 7.86. The summed E-state index contributed by atoms with van der Waals surface area (Å²) in [6.07, 6.45) is 8.09. The molecule has 0 unspecified atom stereocenters. The minimum absolute atomic E-state index is 0.939. The Morgan fingerprint density at radius 1 is 0.486 bits per heavy atom. The maximum atomic E-state index is 4.63. The van der Waals surface area contributed by atoms with Gasteiger partial charge in [0.2, 0.25) is 0 Å². The maximum absolute atomic E-state index is 4.63. The summed E-state index contributed by atoms with van der Waals surface area (Å²) in [4.78, 5) is 16.0. The van der Waals surface area contributed by atoms with Crippen molar-refractivity contribution in [3.63, 3.8) is 0 Å². The van der Waals surface area contributed by atoms with Gasteiger partial charge in [0.1, 0.15) is 0 Å². The number of aromatic amines is 2. The standard InChI is InChI=1S/C20H14N4.C10H7.Sc/c1-2-14-10-16-5-6-18(23-16)12-20-8-7-19(24-20)11-17-4-3-15(22-17)9-13(1)21-14;1-2-6-10-8-4-3-7-9(10)5-1;/h1-12,21,24H;1-7H;. The molecule has 3 aromatic heterocycles. The Bertz CT molecular complexity index is 1590. The van der Waals surface area contributed by atoms with Gasteiger partial charge in [0.25, 0.3) is 0 Å². The molecular weight excluding hydrogens is 461 g/mol. The Morgan fingerprint density at radius 3 is 1.37 bits per heavy atom. The van der Waals surface area contributed by atoms with Crippen LogP contribution in [0.15, 0.2) is 91.0 Å². The van der Waals surface area contributed by atoms with E-state index in [4.69, 9.17) is 0 Å². The van der Waals surface area contributed by atoms with Gasteiger partial charge in [-0.25, -0.2) is 9.97 Å². The van der Waals surface area contributed by atoms with Crippen molar-refractivity contribution in [1.82, 2.24) is 19.9 Å². The van der Waals surface area contributed by atoms with E-state index < -0.39 is 0 Å². The number of rotatable bonds is 0. The number of H-pyrrole nitrogens is 2. The van der Waals surface area contributed by atoms with Crippen LogP contribution in [0.5, 0.6) is 0 Å². The number of nitrogens with one attached hydrogen (secondary N) is 2. The molecule has 0 spiro atoms. The van der Waals surface area contributed by atoms with Crippen LogP contribution in [-0.2, 0) is 24.4 Å². The molecule has 0 saturated carbocycles. The van der Waals surface area contributed by atoms with E-state index in [9.17, 15) is 0 Å². The Balaban J connectivity index is 0.000000174. The molecule has 0 radical (unpaired) electrons. The van der Waals surface area contributed by atoms with Gasteiger partial charge in [-0.3, -0.25) is 0 Å². The van der Waals surface area contributed by atoms with Crippen molar-refractivity contribution in [2.45, 2.75) is 0 Å². The molecular formula is C30H21N4Sc. The molecule has 0 saturated heterocycles. The summed E-state index contributed by atoms with van der Waals surface area (Å²) >= 11 is 1.69. The minimum atomic E-state index is 0.939. The van der Waals surface area contributed by atoms with Crippen molar-refractivity contribution in [1.29, 1.82) is 0 Å². The van der Waals surface area contributed by atoms with Crippen LogP contribution in [0.25, 0.3) is 57.1 Å². The van der Waals surface area contributed by atoms with Crippen molar-refractivity contribution in [2.24, 2.45) is 0 Å². The summed E-state index contributed by atoms with van der Waals surface area (Å²) in [7, 11) is 0. The molecule has 4 nitrogen and oxygen atoms in total. The van der Waals surface area contributed by atoms with Crippen molar-refractivity contribution in [3.05, 3.63) is 114 Å². The Labute approximate surface area is 217 Å². The molecule has 35 heavy (non-hydrogen) atoms. The molecule has 2 aromatic carbocycles. The summed E-state index contributed by atoms with van der Waals surface area (Å²) in [6, 6.07) is 31.3. The van der Waals surface area contributed by atoms with E-state index in [0.29, 0.717) is 0 Å². The molecule has 5 heterocycles. The fourth-order valence-electron chi connectivity index (χ4n) is 4.19. The van der Waals surface area contributed by atoms with Crippen LogP contribution in [0.3, 0.4) is 0 Å². The summed E-state index contributed by atoms with van der Waals surface area (Å²) < 4.78 is 1.41. The second kappa shape index (κ2) is 9.43. The summed E-state index contributed by atoms with van der Waals surface area (Å²) in [5.74, 6) is 0. The second-order valence-electron chi connectivity index (χ2n) is 8.47. The van der Waals surface area contributed by atoms with E-state index in [2.05, 4.69) is 86.7 Å². The van der Waals surface area contributed by atoms with Crippen LogP contribution in [0.4, 0.5) is 0 Å². The fourth-order valence-corrected chi connectivity index (χ4v) is 4.78. The molecule has 5 heteroatoms. The number of aromatic nitrogens is 4. The SMILES string of the molecule is C1=Cc2cc3ccc(cc4nc(cc5ccc(cc1n2)[nH]5)C=C4)[nH]3.[Sc][c]1cccc2ccccc12. The van der Waals surface area contributed by atoms with E-state index in [-0.39, 0.29) is 0 Å². The first-order chi connectivity index (χ1) is 17.2. The van der Waals surface area contributed by atoms with Gasteiger partial charge in [0, 0.05) is 22.1 Å². The third-order valence-corrected chi connectivity index (χ3v) is 6.65. The molecule has 164 valence electrons. The number of fused-ring (bicyclic) bond motifs is 9. The van der Waals surface area contributed by atoms with Crippen molar-refractivity contribution in [2.75, 3.05) is 0 Å². The number of hydrogen-bond donors (Lipinski definition) is 2. The van der Waals surface area contributed by atoms with E-state index >= 15 is 0 Å². The number of benzene rings is 2. The topological polar surface area (TPSA) is 57.4 Å². The second-order valence-corrected chi connectivity index (χ2v) is 9.44. The quantitative estimate of drug-likeness (QED) is 0.254. The van der Waals surface area contributed by atoms with Gasteiger partial charge in [-0.2, -0.15) is 0 Å². The Morgan fingerprint density at radius 2 is 0.914 bits per heavy atom. The molecule has 0 amide bonds. The first-order valence-corrected chi connectivity index (χ1v) is 12.4. The molecule has 0 aliphatic carbocycles. The molecule has 0 fully saturated rings. The van der Waals surface area contributed by atoms with Gasteiger partial charge in [0.05, 0.1) is 22.8 Å². The molecule has 8 bridgehead atoms. The van der Waals surface area contributed by atoms with Crippen LogP contribution in [0.2, 0.25) is 0 Å². The van der Waals surface area contributed by atoms with Gasteiger partial charge in [-0.15, -0.1) is 0 Å². The van der Waals surface area contributed by atoms with E-state index in [1.807, 2.05) is 48.6 Å². The summed E-state index contributed by atoms with van der Waals surface area (Å²) in [5, 5.41) is 2.73. The van der Waals surface area contributed by atoms with Gasteiger partial charge >= 0.3 is 80.9 Å². The third kappa shape index (κ3) is 5.00. The monoisotopic (exact) mass is 482 g/mol. The Hall–Kier alpha value is -3.83. The first kappa shape index (κ1) is 21.7. The summed E-state index contributed by atoms with van der Waals surface area (Å²) in [6.45, 7) is 0. The first-order valence-electron chi connectivity index (χ1n) is 11.5. The normalized spacial score (nSPS) is 11.9. The molecule has 5 aromatic rings. The van der Waals surface area contributed by atoms with Crippen LogP contribution in [0.1, 0.15) is 22.8 Å². The zero-order valence-electron chi connectivity index (χ0n) is 18.9. The van der Waals surface area contributed by atoms with E-state index in [1.165, 1.54) is 14.1 Å². The molecule has 7 rings (SSSR count). The van der Waals surface area contributed by atoms with Crippen LogP contribution < -0.4 is 3.32 Å². The van der Waals surface area contributed by atoms with Gasteiger partial charge < -0.3 is 9.97 Å².